The Morgan fingerprint density at radius 2 is 2.00 bits per heavy atom. The lowest BCUT2D eigenvalue weighted by Crippen LogP contribution is -2.58. The maximum absolute atomic E-state index is 12.1. The molecule has 2 amide bonds. The molecule has 108 valence electrons. The third-order valence-electron chi connectivity index (χ3n) is 4.51. The average Bonchev–Trinajstić information content (AvgIpc) is 2.25. The highest BCUT2D eigenvalue weighted by atomic mass is 16.4. The number of carboxylic acid groups (broad SMARTS) is 1. The summed E-state index contributed by atoms with van der Waals surface area (Å²) in [7, 11) is 0. The van der Waals surface area contributed by atoms with E-state index in [1.807, 2.05) is 0 Å². The van der Waals surface area contributed by atoms with E-state index in [-0.39, 0.29) is 29.8 Å². The minimum atomic E-state index is -0.779. The molecule has 1 aliphatic heterocycles. The third kappa shape index (κ3) is 3.39. The molecule has 0 aromatic rings. The molecule has 2 N–H and O–H groups in total. The highest BCUT2D eigenvalue weighted by molar-refractivity contribution is 5.76. The van der Waals surface area contributed by atoms with Gasteiger partial charge in [0.15, 0.2) is 0 Å². The Hall–Kier alpha value is -1.26. The summed E-state index contributed by atoms with van der Waals surface area (Å²) in [6, 6.07) is 0.217. The van der Waals surface area contributed by atoms with Crippen LogP contribution in [-0.4, -0.2) is 41.1 Å². The molecule has 1 atom stereocenters. The van der Waals surface area contributed by atoms with Gasteiger partial charge in [-0.1, -0.05) is 26.7 Å². The van der Waals surface area contributed by atoms with Crippen molar-refractivity contribution in [2.45, 2.75) is 52.0 Å². The zero-order valence-electron chi connectivity index (χ0n) is 11.8. The lowest BCUT2D eigenvalue weighted by Gasteiger charge is -2.43. The quantitative estimate of drug-likeness (QED) is 0.823. The van der Waals surface area contributed by atoms with E-state index < -0.39 is 5.97 Å². The predicted octanol–water partition coefficient (Wildman–Crippen LogP) is 2.07. The minimum absolute atomic E-state index is 0.0263. The predicted molar refractivity (Wildman–Crippen MR) is 71.9 cm³/mol. The minimum Gasteiger partial charge on any atom is -0.481 e. The van der Waals surface area contributed by atoms with Crippen molar-refractivity contribution >= 4 is 12.0 Å². The lowest BCUT2D eigenvalue weighted by molar-refractivity contribution is -0.139. The van der Waals surface area contributed by atoms with Crippen LogP contribution in [0.2, 0.25) is 0 Å². The number of amides is 2. The van der Waals surface area contributed by atoms with Gasteiger partial charge in [-0.3, -0.25) is 4.79 Å². The molecule has 0 aromatic heterocycles. The normalized spacial score (nSPS) is 26.6. The first-order chi connectivity index (χ1) is 8.88. The van der Waals surface area contributed by atoms with Crippen molar-refractivity contribution in [1.29, 1.82) is 0 Å². The van der Waals surface area contributed by atoms with Gasteiger partial charge in [-0.05, 0) is 18.3 Å². The summed E-state index contributed by atoms with van der Waals surface area (Å²) in [5.74, 6) is -0.652. The zero-order valence-corrected chi connectivity index (χ0v) is 11.8. The fourth-order valence-corrected chi connectivity index (χ4v) is 3.11. The fourth-order valence-electron chi connectivity index (χ4n) is 3.11. The monoisotopic (exact) mass is 268 g/mol. The third-order valence-corrected chi connectivity index (χ3v) is 4.51. The summed E-state index contributed by atoms with van der Waals surface area (Å²) in [6.07, 6.45) is 4.78. The molecule has 0 bridgehead atoms. The van der Waals surface area contributed by atoms with Crippen LogP contribution in [0, 0.1) is 11.3 Å². The van der Waals surface area contributed by atoms with Gasteiger partial charge in [0.25, 0.3) is 0 Å². The van der Waals surface area contributed by atoms with E-state index in [0.717, 1.165) is 12.8 Å². The SMILES string of the molecule is CC1(C)CCCCC1NC(=O)N1CC(CC(=O)O)C1. The van der Waals surface area contributed by atoms with Gasteiger partial charge < -0.3 is 15.3 Å². The Morgan fingerprint density at radius 3 is 2.58 bits per heavy atom. The molecule has 19 heavy (non-hydrogen) atoms. The highest BCUT2D eigenvalue weighted by Crippen LogP contribution is 2.35. The van der Waals surface area contributed by atoms with Gasteiger partial charge in [0, 0.05) is 25.0 Å². The van der Waals surface area contributed by atoms with Gasteiger partial charge in [0.1, 0.15) is 0 Å². The smallest absolute Gasteiger partial charge is 0.317 e. The van der Waals surface area contributed by atoms with Crippen LogP contribution >= 0.6 is 0 Å². The number of carbonyl (C=O) groups excluding carboxylic acids is 1. The molecule has 1 unspecified atom stereocenters. The van der Waals surface area contributed by atoms with Crippen molar-refractivity contribution in [2.24, 2.45) is 11.3 Å². The maximum atomic E-state index is 12.1. The molecule has 2 rings (SSSR count). The average molecular weight is 268 g/mol. The Kier molecular flexibility index (Phi) is 4.02. The Balaban J connectivity index is 1.78. The van der Waals surface area contributed by atoms with Crippen molar-refractivity contribution in [3.63, 3.8) is 0 Å². The molecule has 0 spiro atoms. The van der Waals surface area contributed by atoms with Crippen molar-refractivity contribution in [1.82, 2.24) is 10.2 Å². The van der Waals surface area contributed by atoms with Crippen molar-refractivity contribution in [3.05, 3.63) is 0 Å². The largest absolute Gasteiger partial charge is 0.481 e. The van der Waals surface area contributed by atoms with Crippen LogP contribution in [0.25, 0.3) is 0 Å². The first-order valence-corrected chi connectivity index (χ1v) is 7.16. The second kappa shape index (κ2) is 5.39. The summed E-state index contributed by atoms with van der Waals surface area (Å²) < 4.78 is 0. The summed E-state index contributed by atoms with van der Waals surface area (Å²) in [5.41, 5.74) is 0.166. The number of hydrogen-bond donors (Lipinski definition) is 2. The van der Waals surface area contributed by atoms with Crippen molar-refractivity contribution in [2.75, 3.05) is 13.1 Å². The van der Waals surface area contributed by atoms with Crippen LogP contribution in [0.15, 0.2) is 0 Å². The second-order valence-electron chi connectivity index (χ2n) is 6.61. The maximum Gasteiger partial charge on any atom is 0.317 e. The molecule has 5 heteroatoms. The molecule has 1 saturated heterocycles. The number of carbonyl (C=O) groups is 2. The van der Waals surface area contributed by atoms with E-state index >= 15 is 0 Å². The van der Waals surface area contributed by atoms with E-state index in [4.69, 9.17) is 5.11 Å². The number of hydrogen-bond acceptors (Lipinski definition) is 2. The van der Waals surface area contributed by atoms with E-state index in [9.17, 15) is 9.59 Å². The summed E-state index contributed by atoms with van der Waals surface area (Å²) in [5, 5.41) is 11.8. The molecular formula is C14H24N2O3. The standard InChI is InChI=1S/C14H24N2O3/c1-14(2)6-4-3-5-11(14)15-13(19)16-8-10(9-16)7-12(17)18/h10-11H,3-9H2,1-2H3,(H,15,19)(H,17,18). The number of nitrogens with zero attached hydrogens (tertiary/aromatic N) is 1. The number of urea groups is 1. The fraction of sp³-hybridized carbons (Fsp3) is 0.857. The Morgan fingerprint density at radius 1 is 1.32 bits per heavy atom. The zero-order chi connectivity index (χ0) is 14.0. The van der Waals surface area contributed by atoms with Gasteiger partial charge in [0.05, 0.1) is 6.42 Å². The van der Waals surface area contributed by atoms with Gasteiger partial charge in [0.2, 0.25) is 0 Å². The van der Waals surface area contributed by atoms with Gasteiger partial charge >= 0.3 is 12.0 Å². The second-order valence-corrected chi connectivity index (χ2v) is 6.61. The first-order valence-electron chi connectivity index (χ1n) is 7.16. The van der Waals surface area contributed by atoms with Gasteiger partial charge in [-0.15, -0.1) is 0 Å². The van der Waals surface area contributed by atoms with Gasteiger partial charge in [-0.2, -0.15) is 0 Å². The van der Waals surface area contributed by atoms with Gasteiger partial charge in [-0.25, -0.2) is 4.79 Å². The highest BCUT2D eigenvalue weighted by Gasteiger charge is 2.37. The van der Waals surface area contributed by atoms with Crippen LogP contribution in [0.1, 0.15) is 46.0 Å². The van der Waals surface area contributed by atoms with Crippen LogP contribution in [0.5, 0.6) is 0 Å². The molecule has 1 aliphatic carbocycles. The van der Waals surface area contributed by atoms with Crippen LogP contribution < -0.4 is 5.32 Å². The van der Waals surface area contributed by atoms with Crippen molar-refractivity contribution < 1.29 is 14.7 Å². The summed E-state index contributed by atoms with van der Waals surface area (Å²) >= 11 is 0. The molecule has 2 fully saturated rings. The first kappa shape index (κ1) is 14.2. The Bertz CT molecular complexity index is 362. The topological polar surface area (TPSA) is 69.6 Å². The van der Waals surface area contributed by atoms with E-state index in [0.29, 0.717) is 13.1 Å². The number of likely N-dealkylation sites (tertiary alicyclic amines) is 1. The van der Waals surface area contributed by atoms with E-state index in [1.54, 1.807) is 4.90 Å². The van der Waals surface area contributed by atoms with Crippen molar-refractivity contribution in [3.8, 4) is 0 Å². The van der Waals surface area contributed by atoms with Crippen LogP contribution in [0.4, 0.5) is 4.79 Å². The van der Waals surface area contributed by atoms with Crippen LogP contribution in [0.3, 0.4) is 0 Å². The molecule has 1 heterocycles. The summed E-state index contributed by atoms with van der Waals surface area (Å²) in [6.45, 7) is 5.57. The molecule has 1 saturated carbocycles. The molecular weight excluding hydrogens is 244 g/mol. The number of rotatable bonds is 3. The number of nitrogens with one attached hydrogen (secondary N) is 1. The number of carboxylic acids is 1. The lowest BCUT2D eigenvalue weighted by atomic mass is 9.73. The molecule has 5 nitrogen and oxygen atoms in total. The summed E-state index contributed by atoms with van der Waals surface area (Å²) in [4.78, 5) is 24.4. The Labute approximate surface area is 114 Å². The number of aliphatic carboxylic acids is 1. The molecule has 0 aromatic carbocycles. The van der Waals surface area contributed by atoms with E-state index in [1.165, 1.54) is 12.8 Å². The van der Waals surface area contributed by atoms with E-state index in [2.05, 4.69) is 19.2 Å². The molecule has 0 radical (unpaired) electrons. The van der Waals surface area contributed by atoms with Crippen LogP contribution in [-0.2, 0) is 4.79 Å². The molecule has 2 aliphatic rings.